The van der Waals surface area contributed by atoms with Crippen LogP contribution in [-0.4, -0.2) is 50.3 Å². The van der Waals surface area contributed by atoms with Crippen molar-refractivity contribution in [1.29, 1.82) is 0 Å². The average molecular weight is 395 g/mol. The molecule has 1 aliphatic carbocycles. The van der Waals surface area contributed by atoms with Crippen LogP contribution in [0.1, 0.15) is 48.0 Å². The third-order valence-electron chi connectivity index (χ3n) is 6.82. The summed E-state index contributed by atoms with van der Waals surface area (Å²) in [7, 11) is 1.83. The first-order valence-corrected chi connectivity index (χ1v) is 9.92. The molecule has 2 saturated heterocycles. The van der Waals surface area contributed by atoms with Crippen molar-refractivity contribution in [1.82, 2.24) is 4.90 Å². The Hall–Kier alpha value is -1.14. The largest absolute Gasteiger partial charge is 0.380 e. The molecule has 3 atom stereocenters. The van der Waals surface area contributed by atoms with Gasteiger partial charge in [-0.2, -0.15) is 0 Å². The van der Waals surface area contributed by atoms with Gasteiger partial charge < -0.3 is 15.2 Å². The molecule has 2 unspecified atom stereocenters. The average Bonchev–Trinajstić information content (AvgIpc) is 2.67. The minimum Gasteiger partial charge on any atom is -0.380 e. The van der Waals surface area contributed by atoms with E-state index in [9.17, 15) is 4.79 Å². The summed E-state index contributed by atoms with van der Waals surface area (Å²) in [6.45, 7) is 3.84. The van der Waals surface area contributed by atoms with Crippen molar-refractivity contribution in [2.45, 2.75) is 43.7 Å². The van der Waals surface area contributed by atoms with Crippen molar-refractivity contribution in [3.63, 3.8) is 0 Å². The second-order valence-corrected chi connectivity index (χ2v) is 8.09. The summed E-state index contributed by atoms with van der Waals surface area (Å²) in [6, 6.07) is 8.34. The number of fused-ring (bicyclic) bond motifs is 2. The summed E-state index contributed by atoms with van der Waals surface area (Å²) in [5, 5.41) is 0. The van der Waals surface area contributed by atoms with Gasteiger partial charge in [0.15, 0.2) is 0 Å². The van der Waals surface area contributed by atoms with E-state index >= 15 is 0 Å². The third-order valence-corrected chi connectivity index (χ3v) is 6.82. The van der Waals surface area contributed by atoms with Gasteiger partial charge in [0.25, 0.3) is 0 Å². The van der Waals surface area contributed by atoms with Crippen molar-refractivity contribution < 1.29 is 14.3 Å². The molecule has 1 aromatic carbocycles. The molecular formula is C21H31ClN2O3. The number of nitrogens with two attached hydrogens (primary N) is 1. The van der Waals surface area contributed by atoms with Crippen LogP contribution in [-0.2, 0) is 15.1 Å². The lowest BCUT2D eigenvalue weighted by atomic mass is 9.62. The van der Waals surface area contributed by atoms with Crippen LogP contribution in [0.25, 0.3) is 0 Å². The first-order chi connectivity index (χ1) is 12.6. The van der Waals surface area contributed by atoms with Gasteiger partial charge in [-0.05, 0) is 43.4 Å². The fraction of sp³-hybridized carbons (Fsp3) is 0.667. The van der Waals surface area contributed by atoms with E-state index in [2.05, 4.69) is 11.0 Å². The summed E-state index contributed by atoms with van der Waals surface area (Å²) in [5.41, 5.74) is 6.91. The van der Waals surface area contributed by atoms with Crippen LogP contribution in [0, 0.1) is 11.8 Å². The Morgan fingerprint density at radius 3 is 2.56 bits per heavy atom. The van der Waals surface area contributed by atoms with Gasteiger partial charge in [-0.15, -0.1) is 12.4 Å². The van der Waals surface area contributed by atoms with Crippen LogP contribution in [0.2, 0.25) is 0 Å². The molecule has 0 aromatic heterocycles. The fourth-order valence-corrected chi connectivity index (χ4v) is 5.62. The highest BCUT2D eigenvalue weighted by Crippen LogP contribution is 2.52. The van der Waals surface area contributed by atoms with Gasteiger partial charge in [0.05, 0.1) is 6.61 Å². The van der Waals surface area contributed by atoms with Crippen LogP contribution in [0.4, 0.5) is 0 Å². The third kappa shape index (κ3) is 3.63. The van der Waals surface area contributed by atoms with Gasteiger partial charge in [-0.1, -0.05) is 18.6 Å². The maximum atomic E-state index is 11.7. The van der Waals surface area contributed by atoms with Gasteiger partial charge >= 0.3 is 0 Å². The minimum absolute atomic E-state index is 0. The predicted molar refractivity (Wildman–Crippen MR) is 107 cm³/mol. The molecular weight excluding hydrogens is 364 g/mol. The number of piperidine rings is 1. The monoisotopic (exact) mass is 394 g/mol. The Morgan fingerprint density at radius 2 is 1.96 bits per heavy atom. The number of ether oxygens (including phenoxy) is 2. The second-order valence-electron chi connectivity index (χ2n) is 8.09. The Bertz CT molecular complexity index is 649. The number of rotatable bonds is 4. The number of hydrogen-bond acceptors (Lipinski definition) is 4. The number of primary amides is 1. The molecule has 150 valence electrons. The number of hydrogen-bond donors (Lipinski definition) is 1. The van der Waals surface area contributed by atoms with E-state index in [1.54, 1.807) is 6.07 Å². The van der Waals surface area contributed by atoms with Crippen molar-refractivity contribution in [3.05, 3.63) is 35.4 Å². The van der Waals surface area contributed by atoms with Crippen LogP contribution < -0.4 is 5.73 Å². The normalized spacial score (nSPS) is 33.9. The molecule has 2 N–H and O–H groups in total. The van der Waals surface area contributed by atoms with Crippen molar-refractivity contribution >= 4 is 18.3 Å². The SMILES string of the molecule is COC1(c2cccc(C(N)=O)c2)C2CCCC1CN([C@@H]1CCCOC1)C2.Cl. The molecule has 1 saturated carbocycles. The van der Waals surface area contributed by atoms with Crippen LogP contribution in [0.5, 0.6) is 0 Å². The number of benzene rings is 1. The summed E-state index contributed by atoms with van der Waals surface area (Å²) < 4.78 is 12.0. The zero-order valence-electron chi connectivity index (χ0n) is 16.1. The number of methoxy groups -OCH3 is 1. The van der Waals surface area contributed by atoms with Crippen LogP contribution >= 0.6 is 12.4 Å². The number of amides is 1. The molecule has 0 spiro atoms. The van der Waals surface area contributed by atoms with Gasteiger partial charge in [-0.3, -0.25) is 9.69 Å². The lowest BCUT2D eigenvalue weighted by molar-refractivity contribution is -0.179. The van der Waals surface area contributed by atoms with Crippen LogP contribution in [0.15, 0.2) is 24.3 Å². The Kier molecular flexibility index (Phi) is 6.46. The standard InChI is InChI=1S/C21H30N2O3.ClH/c1-25-21(16-6-2-5-15(11-16)20(22)24)17-7-3-8-18(21)13-23(12-17)19-9-4-10-26-14-19;/h2,5-6,11,17-19H,3-4,7-10,12-14H2,1H3,(H2,22,24);1H/t17?,18?,19-,21?;/m1./s1. The smallest absolute Gasteiger partial charge is 0.248 e. The van der Waals surface area contributed by atoms with Crippen molar-refractivity contribution in [2.24, 2.45) is 17.6 Å². The number of carbonyl (C=O) groups excluding carboxylic acids is 1. The van der Waals surface area contributed by atoms with Gasteiger partial charge in [0, 0.05) is 50.2 Å². The van der Waals surface area contributed by atoms with Gasteiger partial charge in [0.2, 0.25) is 5.91 Å². The highest BCUT2D eigenvalue weighted by Gasteiger charge is 2.54. The molecule has 6 heteroatoms. The first-order valence-electron chi connectivity index (χ1n) is 9.92. The van der Waals surface area contributed by atoms with E-state index < -0.39 is 0 Å². The predicted octanol–water partition coefficient (Wildman–Crippen LogP) is 2.96. The highest BCUT2D eigenvalue weighted by atomic mass is 35.5. The van der Waals surface area contributed by atoms with Gasteiger partial charge in [-0.25, -0.2) is 0 Å². The lowest BCUT2D eigenvalue weighted by Crippen LogP contribution is -2.61. The maximum Gasteiger partial charge on any atom is 0.248 e. The molecule has 4 rings (SSSR count). The number of carbonyl (C=O) groups is 1. The van der Waals surface area contributed by atoms with Gasteiger partial charge in [0.1, 0.15) is 5.60 Å². The summed E-state index contributed by atoms with van der Waals surface area (Å²) >= 11 is 0. The Labute approximate surface area is 168 Å². The number of likely N-dealkylation sites (tertiary alicyclic amines) is 1. The number of nitrogens with zero attached hydrogens (tertiary/aromatic N) is 1. The molecule has 1 amide bonds. The zero-order chi connectivity index (χ0) is 18.1. The van der Waals surface area contributed by atoms with Crippen molar-refractivity contribution in [2.75, 3.05) is 33.4 Å². The molecule has 2 bridgehead atoms. The summed E-state index contributed by atoms with van der Waals surface area (Å²) in [4.78, 5) is 14.3. The minimum atomic E-state index is -0.375. The molecule has 27 heavy (non-hydrogen) atoms. The van der Waals surface area contributed by atoms with E-state index in [1.165, 1.54) is 12.8 Å². The summed E-state index contributed by atoms with van der Waals surface area (Å²) in [5.74, 6) is 0.496. The lowest BCUT2D eigenvalue weighted by Gasteiger charge is -2.57. The molecule has 5 nitrogen and oxygen atoms in total. The molecule has 0 radical (unpaired) electrons. The van der Waals surface area contributed by atoms with E-state index in [0.717, 1.165) is 51.1 Å². The Morgan fingerprint density at radius 1 is 1.22 bits per heavy atom. The van der Waals surface area contributed by atoms with Crippen molar-refractivity contribution in [3.8, 4) is 0 Å². The summed E-state index contributed by atoms with van der Waals surface area (Å²) in [6.07, 6.45) is 5.97. The van der Waals surface area contributed by atoms with E-state index in [4.69, 9.17) is 15.2 Å². The molecule has 2 heterocycles. The second kappa shape index (κ2) is 8.48. The molecule has 2 aliphatic heterocycles. The highest BCUT2D eigenvalue weighted by molar-refractivity contribution is 5.92. The van der Waals surface area contributed by atoms with E-state index in [-0.39, 0.29) is 23.9 Å². The van der Waals surface area contributed by atoms with Crippen LogP contribution in [0.3, 0.4) is 0 Å². The molecule has 3 aliphatic rings. The van der Waals surface area contributed by atoms with E-state index in [1.807, 2.05) is 19.2 Å². The van der Waals surface area contributed by atoms with E-state index in [0.29, 0.717) is 23.4 Å². The molecule has 3 fully saturated rings. The first kappa shape index (κ1) is 20.6. The molecule has 1 aromatic rings. The maximum absolute atomic E-state index is 11.7. The topological polar surface area (TPSA) is 64.8 Å². The Balaban J connectivity index is 0.00000210. The zero-order valence-corrected chi connectivity index (χ0v) is 16.9. The number of halogens is 1. The fourth-order valence-electron chi connectivity index (χ4n) is 5.62. The quantitative estimate of drug-likeness (QED) is 0.852.